The van der Waals surface area contributed by atoms with Crippen molar-refractivity contribution in [1.29, 1.82) is 0 Å². The molecule has 0 radical (unpaired) electrons. The fourth-order valence-electron chi connectivity index (χ4n) is 3.13. The second-order valence-electron chi connectivity index (χ2n) is 8.42. The molecule has 35 heavy (non-hydrogen) atoms. The number of amides is 3. The Balaban J connectivity index is 3.04. The molecule has 0 bridgehead atoms. The van der Waals surface area contributed by atoms with Gasteiger partial charge < -0.3 is 36.9 Å². The predicted octanol–water partition coefficient (Wildman–Crippen LogP) is -0.908. The van der Waals surface area contributed by atoms with Gasteiger partial charge in [0.1, 0.15) is 18.1 Å². The van der Waals surface area contributed by atoms with Crippen LogP contribution in [0.25, 0.3) is 0 Å². The van der Waals surface area contributed by atoms with Crippen LogP contribution >= 0.6 is 11.8 Å². The minimum atomic E-state index is -1.35. The molecule has 0 saturated carbocycles. The molecule has 1 rings (SSSR count). The van der Waals surface area contributed by atoms with E-state index in [1.807, 2.05) is 20.1 Å². The SMILES string of the molecule is CSCCC(NC(=O)C(N)CC(=O)O)C(=O)NC(Cc1cnc[nH]1)C(=O)NC(CC(C)C)C(=O)O. The Morgan fingerprint density at radius 1 is 1.03 bits per heavy atom. The van der Waals surface area contributed by atoms with Crippen LogP contribution in [-0.2, 0) is 30.4 Å². The number of nitrogens with two attached hydrogens (primary N) is 1. The van der Waals surface area contributed by atoms with E-state index < -0.39 is 60.2 Å². The number of aromatic nitrogens is 2. The first kappa shape index (κ1) is 29.9. The van der Waals surface area contributed by atoms with Crippen LogP contribution in [-0.4, -0.2) is 86.0 Å². The monoisotopic (exact) mass is 514 g/mol. The Morgan fingerprint density at radius 3 is 2.14 bits per heavy atom. The van der Waals surface area contributed by atoms with Crippen molar-refractivity contribution in [2.45, 2.75) is 63.7 Å². The molecule has 14 heteroatoms. The van der Waals surface area contributed by atoms with Crippen LogP contribution in [0.1, 0.15) is 38.8 Å². The fourth-order valence-corrected chi connectivity index (χ4v) is 3.60. The van der Waals surface area contributed by atoms with Gasteiger partial charge in [-0.15, -0.1) is 0 Å². The van der Waals surface area contributed by atoms with Gasteiger partial charge >= 0.3 is 11.9 Å². The standard InChI is InChI=1S/C21H34N6O7S/c1-11(2)6-16(21(33)34)27-20(32)15(7-12-9-23-10-24-12)26-19(31)14(4-5-35-3)25-18(30)13(22)8-17(28)29/h9-11,13-16H,4-8,22H2,1-3H3,(H,23,24)(H,25,30)(H,26,31)(H,27,32)(H,28,29)(H,33,34). The van der Waals surface area contributed by atoms with Gasteiger partial charge in [0, 0.05) is 18.3 Å². The van der Waals surface area contributed by atoms with Gasteiger partial charge in [-0.25, -0.2) is 9.78 Å². The van der Waals surface area contributed by atoms with Gasteiger partial charge in [0.05, 0.1) is 18.8 Å². The van der Waals surface area contributed by atoms with Gasteiger partial charge in [0.2, 0.25) is 17.7 Å². The number of hydrogen-bond acceptors (Lipinski definition) is 8. The van der Waals surface area contributed by atoms with E-state index in [9.17, 15) is 29.1 Å². The number of carboxylic acids is 2. The second-order valence-corrected chi connectivity index (χ2v) is 9.40. The highest BCUT2D eigenvalue weighted by Crippen LogP contribution is 2.08. The number of aliphatic carboxylic acids is 2. The number of nitrogens with one attached hydrogen (secondary N) is 4. The molecule has 1 aromatic heterocycles. The summed E-state index contributed by atoms with van der Waals surface area (Å²) in [6, 6.07) is -4.76. The molecule has 0 fully saturated rings. The molecule has 8 N–H and O–H groups in total. The first-order chi connectivity index (χ1) is 16.4. The fraction of sp³-hybridized carbons (Fsp3) is 0.619. The number of nitrogens with zero attached hydrogens (tertiary/aromatic N) is 1. The summed E-state index contributed by atoms with van der Waals surface area (Å²) in [5.74, 6) is -4.19. The van der Waals surface area contributed by atoms with Crippen molar-refractivity contribution in [1.82, 2.24) is 25.9 Å². The van der Waals surface area contributed by atoms with Crippen LogP contribution in [0.4, 0.5) is 0 Å². The molecule has 0 aliphatic rings. The summed E-state index contributed by atoms with van der Waals surface area (Å²) in [6.07, 6.45) is 4.45. The molecule has 0 saturated heterocycles. The van der Waals surface area contributed by atoms with Crippen molar-refractivity contribution in [3.63, 3.8) is 0 Å². The third-order valence-electron chi connectivity index (χ3n) is 4.91. The zero-order chi connectivity index (χ0) is 26.5. The Morgan fingerprint density at radius 2 is 1.63 bits per heavy atom. The lowest BCUT2D eigenvalue weighted by Crippen LogP contribution is -2.58. The van der Waals surface area contributed by atoms with E-state index in [0.29, 0.717) is 11.4 Å². The number of rotatable bonds is 16. The van der Waals surface area contributed by atoms with E-state index in [1.54, 1.807) is 0 Å². The van der Waals surface area contributed by atoms with Crippen molar-refractivity contribution >= 4 is 41.4 Å². The number of hydrogen-bond donors (Lipinski definition) is 7. The molecule has 196 valence electrons. The third-order valence-corrected chi connectivity index (χ3v) is 5.55. The van der Waals surface area contributed by atoms with Crippen molar-refractivity contribution in [2.24, 2.45) is 11.7 Å². The number of aromatic amines is 1. The van der Waals surface area contributed by atoms with Crippen LogP contribution in [0.15, 0.2) is 12.5 Å². The van der Waals surface area contributed by atoms with Crippen molar-refractivity contribution in [3.05, 3.63) is 18.2 Å². The molecule has 4 atom stereocenters. The lowest BCUT2D eigenvalue weighted by Gasteiger charge is -2.25. The van der Waals surface area contributed by atoms with E-state index >= 15 is 0 Å². The lowest BCUT2D eigenvalue weighted by atomic mass is 10.0. The molecule has 0 aliphatic carbocycles. The highest BCUT2D eigenvalue weighted by Gasteiger charge is 2.31. The summed E-state index contributed by atoms with van der Waals surface area (Å²) in [5.41, 5.74) is 6.12. The van der Waals surface area contributed by atoms with Gasteiger partial charge in [0.15, 0.2) is 0 Å². The first-order valence-corrected chi connectivity index (χ1v) is 12.4. The summed E-state index contributed by atoms with van der Waals surface area (Å²) in [6.45, 7) is 3.64. The van der Waals surface area contributed by atoms with Crippen molar-refractivity contribution < 1.29 is 34.2 Å². The maximum Gasteiger partial charge on any atom is 0.326 e. The van der Waals surface area contributed by atoms with Crippen LogP contribution < -0.4 is 21.7 Å². The van der Waals surface area contributed by atoms with Crippen LogP contribution in [0.5, 0.6) is 0 Å². The molecule has 1 aromatic rings. The Labute approximate surface area is 207 Å². The Bertz CT molecular complexity index is 864. The highest BCUT2D eigenvalue weighted by atomic mass is 32.2. The summed E-state index contributed by atoms with van der Waals surface area (Å²) >= 11 is 1.43. The second kappa shape index (κ2) is 15.0. The minimum Gasteiger partial charge on any atom is -0.481 e. The molecule has 3 amide bonds. The Kier molecular flexibility index (Phi) is 12.8. The van der Waals surface area contributed by atoms with E-state index in [-0.39, 0.29) is 25.2 Å². The van der Waals surface area contributed by atoms with Gasteiger partial charge in [-0.05, 0) is 30.8 Å². The van der Waals surface area contributed by atoms with E-state index in [2.05, 4.69) is 25.9 Å². The minimum absolute atomic E-state index is 0.00167. The maximum atomic E-state index is 13.1. The largest absolute Gasteiger partial charge is 0.481 e. The molecule has 0 aromatic carbocycles. The zero-order valence-electron chi connectivity index (χ0n) is 19.9. The summed E-state index contributed by atoms with van der Waals surface area (Å²) < 4.78 is 0. The quantitative estimate of drug-likeness (QED) is 0.144. The molecule has 13 nitrogen and oxygen atoms in total. The maximum absolute atomic E-state index is 13.1. The predicted molar refractivity (Wildman–Crippen MR) is 128 cm³/mol. The number of carbonyl (C=O) groups is 5. The van der Waals surface area contributed by atoms with Crippen LogP contribution in [0.2, 0.25) is 0 Å². The molecule has 1 heterocycles. The van der Waals surface area contributed by atoms with Crippen molar-refractivity contribution in [3.8, 4) is 0 Å². The number of thioether (sulfide) groups is 1. The average molecular weight is 515 g/mol. The zero-order valence-corrected chi connectivity index (χ0v) is 20.8. The van der Waals surface area contributed by atoms with Gasteiger partial charge in [-0.2, -0.15) is 11.8 Å². The normalized spacial score (nSPS) is 14.4. The molecular weight excluding hydrogens is 480 g/mol. The smallest absolute Gasteiger partial charge is 0.326 e. The molecule has 0 spiro atoms. The van der Waals surface area contributed by atoms with Crippen LogP contribution in [0.3, 0.4) is 0 Å². The first-order valence-electron chi connectivity index (χ1n) is 11.0. The van der Waals surface area contributed by atoms with Gasteiger partial charge in [-0.1, -0.05) is 13.8 Å². The number of imidazole rings is 1. The summed E-state index contributed by atoms with van der Waals surface area (Å²) in [4.78, 5) is 67.5. The summed E-state index contributed by atoms with van der Waals surface area (Å²) in [7, 11) is 0. The van der Waals surface area contributed by atoms with Crippen LogP contribution in [0, 0.1) is 5.92 Å². The number of H-pyrrole nitrogens is 1. The van der Waals surface area contributed by atoms with E-state index in [4.69, 9.17) is 10.8 Å². The highest BCUT2D eigenvalue weighted by molar-refractivity contribution is 7.98. The van der Waals surface area contributed by atoms with Crippen molar-refractivity contribution in [2.75, 3.05) is 12.0 Å². The van der Waals surface area contributed by atoms with Gasteiger partial charge in [0.25, 0.3) is 0 Å². The third kappa shape index (κ3) is 11.2. The van der Waals surface area contributed by atoms with E-state index in [1.165, 1.54) is 24.3 Å². The molecular formula is C21H34N6O7S. The van der Waals surface area contributed by atoms with Gasteiger partial charge in [-0.3, -0.25) is 19.2 Å². The Hall–Kier alpha value is -3.13. The number of carbonyl (C=O) groups excluding carboxylic acids is 3. The number of carboxylic acid groups (broad SMARTS) is 2. The lowest BCUT2D eigenvalue weighted by molar-refractivity contribution is -0.142. The molecule has 4 unspecified atom stereocenters. The topological polar surface area (TPSA) is 217 Å². The van der Waals surface area contributed by atoms with E-state index in [0.717, 1.165) is 0 Å². The average Bonchev–Trinajstić information content (AvgIpc) is 3.27. The molecule has 0 aliphatic heterocycles. The summed E-state index contributed by atoms with van der Waals surface area (Å²) in [5, 5.41) is 25.8.